The minimum absolute atomic E-state index is 0.0536. The smallest absolute Gasteiger partial charge is 0.405 e. The number of aliphatic imine (C=N–C) groups is 2. The van der Waals surface area contributed by atoms with Crippen molar-refractivity contribution in [2.45, 2.75) is 129 Å². The van der Waals surface area contributed by atoms with Gasteiger partial charge in [0.1, 0.15) is 46.6 Å². The molecule has 2 aromatic carbocycles. The van der Waals surface area contributed by atoms with Crippen LogP contribution < -0.4 is 27.4 Å². The van der Waals surface area contributed by atoms with E-state index < -0.39 is 97.9 Å². The molecule has 0 spiro atoms. The summed E-state index contributed by atoms with van der Waals surface area (Å²) in [5.74, 6) is -4.62. The van der Waals surface area contributed by atoms with Crippen molar-refractivity contribution in [3.05, 3.63) is 94.2 Å². The molecule has 4 bridgehead atoms. The fraction of sp³-hybridized carbons (Fsp3) is 0.516. The van der Waals surface area contributed by atoms with Crippen LogP contribution in [0.3, 0.4) is 0 Å². The van der Waals surface area contributed by atoms with Gasteiger partial charge in [-0.3, -0.25) is 19.6 Å². The molecule has 2 heterocycles. The van der Waals surface area contributed by atoms with Crippen LogP contribution in [0.5, 0.6) is 23.0 Å². The van der Waals surface area contributed by atoms with Gasteiger partial charge in [-0.15, -0.1) is 0 Å². The number of rotatable bonds is 16. The van der Waals surface area contributed by atoms with Gasteiger partial charge >= 0.3 is 12.2 Å². The van der Waals surface area contributed by atoms with Gasteiger partial charge in [0.2, 0.25) is 0 Å². The fourth-order valence-corrected chi connectivity index (χ4v) is 10.2. The lowest BCUT2D eigenvalue weighted by molar-refractivity contribution is -0.113. The van der Waals surface area contributed by atoms with Crippen LogP contribution in [-0.2, 0) is 50.9 Å². The molecule has 0 fully saturated rings. The Morgan fingerprint density at radius 1 is 0.632 bits per heavy atom. The second-order valence-electron chi connectivity index (χ2n) is 21.8. The Balaban J connectivity index is 1.58. The predicted molar refractivity (Wildman–Crippen MR) is 329 cm³/mol. The number of phenols is 4. The number of nitrogens with one attached hydrogen (secondary N) is 3. The van der Waals surface area contributed by atoms with Crippen molar-refractivity contribution in [1.29, 1.82) is 0 Å². The molecule has 25 nitrogen and oxygen atoms in total. The number of aliphatic hydroxyl groups excluding tert-OH is 4. The highest BCUT2D eigenvalue weighted by Gasteiger charge is 2.34. The number of aliphatic hydroxyl groups is 4. The molecule has 15 N–H and O–H groups in total. The minimum atomic E-state index is -1.21. The van der Waals surface area contributed by atoms with Crippen molar-refractivity contribution in [2.24, 2.45) is 45.1 Å². The molecule has 0 saturated heterocycles. The van der Waals surface area contributed by atoms with E-state index in [4.69, 9.17) is 39.9 Å². The summed E-state index contributed by atoms with van der Waals surface area (Å²) < 4.78 is 33.4. The van der Waals surface area contributed by atoms with Gasteiger partial charge in [-0.25, -0.2) is 9.59 Å². The number of fused-ring (bicyclic) bond motifs is 4. The molecule has 0 unspecified atom stereocenters. The first-order valence-corrected chi connectivity index (χ1v) is 28.6. The Kier molecular flexibility index (Phi) is 29.3. The topological polar surface area (TPSA) is 398 Å². The van der Waals surface area contributed by atoms with Gasteiger partial charge in [0.15, 0.2) is 12.2 Å². The van der Waals surface area contributed by atoms with E-state index in [1.807, 2.05) is 13.8 Å². The molecular formula is C62H89N7O18. The molecule has 12 atom stereocenters. The van der Waals surface area contributed by atoms with Gasteiger partial charge in [0.25, 0.3) is 11.8 Å². The van der Waals surface area contributed by atoms with Crippen LogP contribution in [0.2, 0.25) is 0 Å². The number of carbonyl (C=O) groups is 4. The third-order valence-electron chi connectivity index (χ3n) is 15.0. The van der Waals surface area contributed by atoms with E-state index in [1.165, 1.54) is 90.9 Å². The molecule has 25 heteroatoms. The Hall–Kier alpha value is -7.46. The summed E-state index contributed by atoms with van der Waals surface area (Å²) in [5, 5.41) is 99.1. The number of hydrogen-bond donors (Lipinski definition) is 13. The van der Waals surface area contributed by atoms with Crippen LogP contribution in [0.4, 0.5) is 32.3 Å². The van der Waals surface area contributed by atoms with Crippen LogP contribution in [0, 0.1) is 23.7 Å². The van der Waals surface area contributed by atoms with Crippen molar-refractivity contribution in [3.8, 4) is 23.0 Å². The minimum Gasteiger partial charge on any atom is -0.506 e. The van der Waals surface area contributed by atoms with Gasteiger partial charge in [0.05, 0.1) is 49.0 Å². The number of allylic oxidation sites excluding steroid dienone is 4. The molecule has 87 heavy (non-hydrogen) atoms. The summed E-state index contributed by atoms with van der Waals surface area (Å²) in [6, 6.07) is 2.38. The number of anilines is 2. The second-order valence-corrected chi connectivity index (χ2v) is 21.8. The highest BCUT2D eigenvalue weighted by Crippen LogP contribution is 2.46. The maximum absolute atomic E-state index is 13.5. The Labute approximate surface area is 507 Å². The summed E-state index contributed by atoms with van der Waals surface area (Å²) in [7, 11) is 5.57. The summed E-state index contributed by atoms with van der Waals surface area (Å²) in [4.78, 5) is 60.2. The standard InChI is InChI=1S/C62H89N7O18/c1-33-23-41-51(45(72)29-43(55(41)76)68-59(78)35(3)15-11-17-47(82-7)57(86-61(63)80)39(31-70)27-37(5)53(74)49(25-33)84-9)66-21-13-19-65-20-14-22-67-52-42-24-34(2)26-50(85-10)54(75)38(6)28-40(32-71)58(87-62(64)81)48(83-8)18-12-16-36(4)60(79)69-44(56(42)77)30-46(52)73/h11-12,15-18,21-22,27-30,33-34,37-38,47-50,53-54,57-58,65,70-77H,13-14,19-20,23-26,31-32H2,1-10H3,(H2,63,80)(H2,64,81)(H,68,78)(H,69,79)/t33-,34-,37+,38+,47+,48+,49+,50+,53-,54-,57+,58+/m1/s1. The first-order valence-electron chi connectivity index (χ1n) is 28.6. The summed E-state index contributed by atoms with van der Waals surface area (Å²) in [6.07, 6.45) is 5.84. The fourth-order valence-electron chi connectivity index (χ4n) is 10.2. The zero-order chi connectivity index (χ0) is 64.7. The Morgan fingerprint density at radius 2 is 1.00 bits per heavy atom. The van der Waals surface area contributed by atoms with Crippen LogP contribution in [0.15, 0.2) is 93.0 Å². The lowest BCUT2D eigenvalue weighted by atomic mass is 9.87. The zero-order valence-corrected chi connectivity index (χ0v) is 51.1. The maximum Gasteiger partial charge on any atom is 0.405 e. The average Bonchev–Trinajstić information content (AvgIpc) is 2.48. The van der Waals surface area contributed by atoms with Gasteiger partial charge in [0, 0.05) is 100 Å². The molecule has 0 aliphatic carbocycles. The molecule has 0 saturated carbocycles. The van der Waals surface area contributed by atoms with Crippen molar-refractivity contribution in [2.75, 3.05) is 65.4 Å². The first kappa shape index (κ1) is 72.0. The molecule has 4 amide bonds. The van der Waals surface area contributed by atoms with E-state index in [0.717, 1.165) is 0 Å². The van der Waals surface area contributed by atoms with Crippen molar-refractivity contribution < 1.29 is 88.5 Å². The first-order chi connectivity index (χ1) is 41.3. The average molecular weight is 1220 g/mol. The van der Waals surface area contributed by atoms with Gasteiger partial charge in [-0.1, -0.05) is 76.3 Å². The Morgan fingerprint density at radius 3 is 1.32 bits per heavy atom. The second kappa shape index (κ2) is 35.4. The predicted octanol–water partition coefficient (Wildman–Crippen LogP) is 5.85. The normalized spacial score (nSPS) is 26.1. The number of primary amides is 2. The molecule has 4 rings (SSSR count). The van der Waals surface area contributed by atoms with E-state index in [1.54, 1.807) is 38.4 Å². The third-order valence-corrected chi connectivity index (χ3v) is 15.0. The van der Waals surface area contributed by atoms with E-state index >= 15 is 0 Å². The van der Waals surface area contributed by atoms with E-state index in [2.05, 4.69) is 25.9 Å². The van der Waals surface area contributed by atoms with Crippen LogP contribution in [0.1, 0.15) is 78.4 Å². The molecule has 0 aromatic heterocycles. The van der Waals surface area contributed by atoms with Crippen molar-refractivity contribution in [3.63, 3.8) is 0 Å². The van der Waals surface area contributed by atoms with E-state index in [0.29, 0.717) is 25.9 Å². The van der Waals surface area contributed by atoms with E-state index in [9.17, 15) is 60.0 Å². The maximum atomic E-state index is 13.5. The van der Waals surface area contributed by atoms with Gasteiger partial charge < -0.3 is 96.7 Å². The molecule has 2 aromatic rings. The van der Waals surface area contributed by atoms with Gasteiger partial charge in [-0.05, 0) is 75.4 Å². The number of benzene rings is 2. The van der Waals surface area contributed by atoms with Crippen LogP contribution >= 0.6 is 0 Å². The molecule has 0 radical (unpaired) electrons. The number of nitrogens with two attached hydrogens (primary N) is 2. The molecule has 480 valence electrons. The number of nitrogens with zero attached hydrogens (tertiary/aromatic N) is 2. The number of phenolic OH excluding ortho intramolecular Hbond substituents is 4. The highest BCUT2D eigenvalue weighted by molar-refractivity contribution is 6.05. The van der Waals surface area contributed by atoms with Crippen LogP contribution in [-0.4, -0.2) is 181 Å². The SMILES string of the molecule is CO[C@H]1C=CC=C(C)C(=O)Nc2cc(O)c(N=CCCNCCC=Nc3c(O)cc4c(O)c3C[C@@H](C)C[C@H](OC)[C@H](O)[C@@H](C)C=C(CO)[C@H](OC(N)=O)[C@@H](OC)C=CC=C(C)C(=O)N4)c(c2O)C[C@@H](C)C[C@H](OC)[C@H](O)[C@@H](C)C=C(CO)[C@@H]1OC(N)=O. The number of amides is 4. The number of methoxy groups -OCH3 is 4. The quantitative estimate of drug-likeness (QED) is 0.0308. The number of aromatic hydroxyl groups is 4. The molecule has 2 aliphatic heterocycles. The lowest BCUT2D eigenvalue weighted by Gasteiger charge is -2.30. The largest absolute Gasteiger partial charge is 0.506 e. The molecular weight excluding hydrogens is 1130 g/mol. The lowest BCUT2D eigenvalue weighted by Crippen LogP contribution is -2.38. The zero-order valence-electron chi connectivity index (χ0n) is 51.1. The van der Waals surface area contributed by atoms with Crippen molar-refractivity contribution in [1.82, 2.24) is 5.32 Å². The number of carbonyl (C=O) groups excluding carboxylic acids is 4. The Bertz CT molecular complexity index is 2730. The highest BCUT2D eigenvalue weighted by atomic mass is 16.6. The summed E-state index contributed by atoms with van der Waals surface area (Å²) in [6.45, 7) is 9.75. The summed E-state index contributed by atoms with van der Waals surface area (Å²) in [5.41, 5.74) is 11.9. The third kappa shape index (κ3) is 20.9. The van der Waals surface area contributed by atoms with Crippen molar-refractivity contribution >= 4 is 59.2 Å². The van der Waals surface area contributed by atoms with Crippen LogP contribution in [0.25, 0.3) is 0 Å². The number of ether oxygens (including phenoxy) is 6. The van der Waals surface area contributed by atoms with E-state index in [-0.39, 0.29) is 117 Å². The number of hydrogen-bond acceptors (Lipinski definition) is 21. The monoisotopic (exact) mass is 1220 g/mol. The van der Waals surface area contributed by atoms with Gasteiger partial charge in [-0.2, -0.15) is 0 Å². The molecule has 2 aliphatic rings. The summed E-state index contributed by atoms with van der Waals surface area (Å²) >= 11 is 0.